The van der Waals surface area contributed by atoms with Crippen LogP contribution in [-0.2, 0) is 11.0 Å². The highest BCUT2D eigenvalue weighted by Crippen LogP contribution is 2.19. The molecule has 0 aliphatic heterocycles. The van der Waals surface area contributed by atoms with Gasteiger partial charge in [0.15, 0.2) is 0 Å². The van der Waals surface area contributed by atoms with Crippen LogP contribution in [0.5, 0.6) is 0 Å². The van der Waals surface area contributed by atoms with Gasteiger partial charge >= 0.3 is 0 Å². The Bertz CT molecular complexity index is 392. The molecule has 0 aliphatic rings. The Morgan fingerprint density at radius 1 is 1.53 bits per heavy atom. The molecule has 0 aliphatic carbocycles. The third kappa shape index (κ3) is 4.16. The Morgan fingerprint density at radius 2 is 2.18 bits per heavy atom. The number of aromatic nitrogens is 1. The van der Waals surface area contributed by atoms with Crippen LogP contribution >= 0.6 is 15.9 Å². The minimum absolute atomic E-state index is 0.0187. The van der Waals surface area contributed by atoms with Gasteiger partial charge in [0.05, 0.1) is 27.5 Å². The summed E-state index contributed by atoms with van der Waals surface area (Å²) < 4.78 is 15.9. The van der Waals surface area contributed by atoms with Crippen LogP contribution in [0.2, 0.25) is 0 Å². The highest BCUT2D eigenvalue weighted by Gasteiger charge is 2.25. The molecule has 1 aromatic heterocycles. The van der Waals surface area contributed by atoms with Gasteiger partial charge in [0, 0.05) is 10.7 Å². The molecule has 2 atom stereocenters. The molecule has 0 radical (unpaired) electrons. The molecule has 1 unspecified atom stereocenters. The molecule has 5 heteroatoms. The first-order valence-corrected chi connectivity index (χ1v) is 7.60. The highest BCUT2D eigenvalue weighted by atomic mass is 79.9. The SMILES string of the molecule is CCC(C)(C)S(=O)N[C@@H](C)c1ccc(Br)cn1. The van der Waals surface area contributed by atoms with Crippen molar-refractivity contribution in [3.8, 4) is 0 Å². The number of hydrogen-bond acceptors (Lipinski definition) is 2. The summed E-state index contributed by atoms with van der Waals surface area (Å²) in [4.78, 5) is 4.30. The van der Waals surface area contributed by atoms with Crippen molar-refractivity contribution >= 4 is 26.9 Å². The van der Waals surface area contributed by atoms with Gasteiger partial charge in [-0.2, -0.15) is 0 Å². The number of halogens is 1. The molecule has 17 heavy (non-hydrogen) atoms. The maximum atomic E-state index is 12.1. The van der Waals surface area contributed by atoms with Gasteiger partial charge in [0.2, 0.25) is 0 Å². The van der Waals surface area contributed by atoms with Gasteiger partial charge in [-0.3, -0.25) is 4.98 Å². The molecule has 0 fully saturated rings. The van der Waals surface area contributed by atoms with Gasteiger partial charge in [-0.1, -0.05) is 6.92 Å². The summed E-state index contributed by atoms with van der Waals surface area (Å²) in [6, 6.07) is 3.85. The zero-order chi connectivity index (χ0) is 13.1. The number of pyridine rings is 1. The highest BCUT2D eigenvalue weighted by molar-refractivity contribution is 9.10. The van der Waals surface area contributed by atoms with Gasteiger partial charge < -0.3 is 0 Å². The molecule has 1 N–H and O–H groups in total. The molecule has 0 aromatic carbocycles. The summed E-state index contributed by atoms with van der Waals surface area (Å²) in [6.07, 6.45) is 2.62. The smallest absolute Gasteiger partial charge is 0.0979 e. The van der Waals surface area contributed by atoms with Crippen molar-refractivity contribution in [3.05, 3.63) is 28.5 Å². The molecular weight excluding hydrogens is 300 g/mol. The van der Waals surface area contributed by atoms with E-state index in [0.29, 0.717) is 0 Å². The molecule has 1 aromatic rings. The van der Waals surface area contributed by atoms with E-state index in [1.54, 1.807) is 6.20 Å². The van der Waals surface area contributed by atoms with Crippen molar-refractivity contribution in [2.24, 2.45) is 0 Å². The molecule has 96 valence electrons. The molecule has 0 saturated carbocycles. The molecular formula is C12H19BrN2OS. The minimum atomic E-state index is -1.07. The topological polar surface area (TPSA) is 42.0 Å². The van der Waals surface area contributed by atoms with Crippen molar-refractivity contribution in [2.75, 3.05) is 0 Å². The lowest BCUT2D eigenvalue weighted by molar-refractivity contribution is 0.584. The zero-order valence-electron chi connectivity index (χ0n) is 10.7. The lowest BCUT2D eigenvalue weighted by Crippen LogP contribution is -2.37. The summed E-state index contributed by atoms with van der Waals surface area (Å²) in [6.45, 7) is 8.01. The van der Waals surface area contributed by atoms with E-state index < -0.39 is 11.0 Å². The van der Waals surface area contributed by atoms with Crippen LogP contribution in [0.15, 0.2) is 22.8 Å². The van der Waals surface area contributed by atoms with Gasteiger partial charge in [0.1, 0.15) is 0 Å². The molecule has 0 bridgehead atoms. The lowest BCUT2D eigenvalue weighted by Gasteiger charge is -2.24. The largest absolute Gasteiger partial charge is 0.258 e. The minimum Gasteiger partial charge on any atom is -0.258 e. The Kier molecular flexibility index (Phi) is 5.28. The van der Waals surface area contributed by atoms with Crippen LogP contribution in [0, 0.1) is 0 Å². The van der Waals surface area contributed by atoms with Crippen molar-refractivity contribution in [1.29, 1.82) is 0 Å². The lowest BCUT2D eigenvalue weighted by atomic mass is 10.1. The van der Waals surface area contributed by atoms with E-state index in [1.807, 2.05) is 39.8 Å². The molecule has 0 amide bonds. The van der Waals surface area contributed by atoms with Gasteiger partial charge in [-0.15, -0.1) is 0 Å². The van der Waals surface area contributed by atoms with E-state index in [2.05, 4.69) is 25.6 Å². The number of nitrogens with zero attached hydrogens (tertiary/aromatic N) is 1. The molecule has 1 rings (SSSR count). The van der Waals surface area contributed by atoms with Gasteiger partial charge in [-0.05, 0) is 55.3 Å². The predicted molar refractivity (Wildman–Crippen MR) is 76.0 cm³/mol. The van der Waals surface area contributed by atoms with Crippen molar-refractivity contribution in [1.82, 2.24) is 9.71 Å². The third-order valence-electron chi connectivity index (χ3n) is 2.83. The van der Waals surface area contributed by atoms with E-state index in [-0.39, 0.29) is 10.8 Å². The molecule has 3 nitrogen and oxygen atoms in total. The first-order chi connectivity index (χ1) is 7.86. The van der Waals surface area contributed by atoms with Crippen LogP contribution in [-0.4, -0.2) is 13.9 Å². The summed E-state index contributed by atoms with van der Waals surface area (Å²) >= 11 is 3.35. The summed E-state index contributed by atoms with van der Waals surface area (Å²) in [5.74, 6) is 0. The quantitative estimate of drug-likeness (QED) is 0.904. The van der Waals surface area contributed by atoms with Gasteiger partial charge in [-0.25, -0.2) is 8.93 Å². The first kappa shape index (κ1) is 14.8. The second-order valence-electron chi connectivity index (χ2n) is 4.62. The van der Waals surface area contributed by atoms with E-state index in [0.717, 1.165) is 16.6 Å². The second kappa shape index (κ2) is 6.07. The van der Waals surface area contributed by atoms with Crippen LogP contribution in [0.25, 0.3) is 0 Å². The van der Waals surface area contributed by atoms with E-state index >= 15 is 0 Å². The van der Waals surface area contributed by atoms with Crippen LogP contribution in [0.4, 0.5) is 0 Å². The first-order valence-electron chi connectivity index (χ1n) is 5.66. The normalized spacial score (nSPS) is 15.6. The fraction of sp³-hybridized carbons (Fsp3) is 0.583. The maximum Gasteiger partial charge on any atom is 0.0979 e. The molecule has 0 saturated heterocycles. The van der Waals surface area contributed by atoms with E-state index in [1.165, 1.54) is 0 Å². The van der Waals surface area contributed by atoms with Crippen molar-refractivity contribution in [2.45, 2.75) is 44.9 Å². The zero-order valence-corrected chi connectivity index (χ0v) is 13.1. The van der Waals surface area contributed by atoms with Crippen molar-refractivity contribution in [3.63, 3.8) is 0 Å². The average molecular weight is 319 g/mol. The van der Waals surface area contributed by atoms with Crippen LogP contribution in [0.1, 0.15) is 45.9 Å². The van der Waals surface area contributed by atoms with Gasteiger partial charge in [0.25, 0.3) is 0 Å². The van der Waals surface area contributed by atoms with E-state index in [9.17, 15) is 4.21 Å². The fourth-order valence-corrected chi connectivity index (χ4v) is 2.41. The van der Waals surface area contributed by atoms with Crippen LogP contribution < -0.4 is 4.72 Å². The Labute approximate surface area is 114 Å². The van der Waals surface area contributed by atoms with Crippen molar-refractivity contribution < 1.29 is 4.21 Å². The Morgan fingerprint density at radius 3 is 2.65 bits per heavy atom. The summed E-state index contributed by atoms with van der Waals surface area (Å²) in [7, 11) is -1.07. The summed E-state index contributed by atoms with van der Waals surface area (Å²) in [5.41, 5.74) is 0.897. The maximum absolute atomic E-state index is 12.1. The Hall–Kier alpha value is -0.260. The van der Waals surface area contributed by atoms with Crippen LogP contribution in [0.3, 0.4) is 0 Å². The number of nitrogens with one attached hydrogen (secondary N) is 1. The molecule has 1 heterocycles. The predicted octanol–water partition coefficient (Wildman–Crippen LogP) is 3.35. The summed E-state index contributed by atoms with van der Waals surface area (Å²) in [5, 5.41) is 0. The molecule has 0 spiro atoms. The fourth-order valence-electron chi connectivity index (χ4n) is 1.15. The number of rotatable bonds is 5. The Balaban J connectivity index is 2.70. The second-order valence-corrected chi connectivity index (χ2v) is 7.42. The average Bonchev–Trinajstić information content (AvgIpc) is 2.29. The van der Waals surface area contributed by atoms with E-state index in [4.69, 9.17) is 0 Å². The third-order valence-corrected chi connectivity index (χ3v) is 5.16. The standard InChI is InChI=1S/C12H19BrN2OS/c1-5-12(3,4)17(16)15-9(2)11-7-6-10(13)8-14-11/h6-9,15H,5H2,1-4H3/t9-,17?/m0/s1. The monoisotopic (exact) mass is 318 g/mol. The number of hydrogen-bond donors (Lipinski definition) is 1.